The number of unbranched alkanes of at least 4 members (excludes halogenated alkanes) is 1. The molecule has 172 valence electrons. The smallest absolute Gasteiger partial charge is 0.411 e. The van der Waals surface area contributed by atoms with Gasteiger partial charge in [0.15, 0.2) is 0 Å². The SMILES string of the molecule is CCCCOC(=O)Nc1cccc(-c2c(C#N)c3ccc(OC)cc3n2Cc2ccccc2)c1. The van der Waals surface area contributed by atoms with E-state index in [1.54, 1.807) is 7.11 Å². The number of anilines is 1. The van der Waals surface area contributed by atoms with Crippen LogP contribution in [0.25, 0.3) is 22.2 Å². The van der Waals surface area contributed by atoms with Crippen molar-refractivity contribution in [1.82, 2.24) is 4.57 Å². The molecule has 1 N–H and O–H groups in total. The van der Waals surface area contributed by atoms with Crippen LogP contribution in [0.4, 0.5) is 10.5 Å². The molecule has 6 nitrogen and oxygen atoms in total. The number of hydrogen-bond acceptors (Lipinski definition) is 4. The molecule has 0 spiro atoms. The molecule has 34 heavy (non-hydrogen) atoms. The van der Waals surface area contributed by atoms with Crippen molar-refractivity contribution in [1.29, 1.82) is 5.26 Å². The fraction of sp³-hybridized carbons (Fsp3) is 0.214. The van der Waals surface area contributed by atoms with Gasteiger partial charge in [0, 0.05) is 29.2 Å². The highest BCUT2D eigenvalue weighted by Gasteiger charge is 2.20. The summed E-state index contributed by atoms with van der Waals surface area (Å²) in [6, 6.07) is 25.7. The van der Waals surface area contributed by atoms with Crippen molar-refractivity contribution in [3.63, 3.8) is 0 Å². The summed E-state index contributed by atoms with van der Waals surface area (Å²) in [4.78, 5) is 12.2. The molecule has 1 aromatic heterocycles. The quantitative estimate of drug-likeness (QED) is 0.306. The van der Waals surface area contributed by atoms with E-state index < -0.39 is 6.09 Å². The molecule has 0 fully saturated rings. The van der Waals surface area contributed by atoms with E-state index in [0.29, 0.717) is 24.4 Å². The number of nitrogens with zero attached hydrogens (tertiary/aromatic N) is 2. The third-order valence-electron chi connectivity index (χ3n) is 5.68. The van der Waals surface area contributed by atoms with E-state index in [2.05, 4.69) is 28.1 Å². The predicted octanol–water partition coefficient (Wildman–Crippen LogP) is 6.59. The highest BCUT2D eigenvalue weighted by atomic mass is 16.5. The number of methoxy groups -OCH3 is 1. The number of nitriles is 1. The van der Waals surface area contributed by atoms with Gasteiger partial charge in [-0.05, 0) is 36.2 Å². The molecular weight excluding hydrogens is 426 g/mol. The minimum absolute atomic E-state index is 0.383. The Morgan fingerprint density at radius 2 is 1.88 bits per heavy atom. The van der Waals surface area contributed by atoms with Gasteiger partial charge in [-0.1, -0.05) is 55.8 Å². The van der Waals surface area contributed by atoms with Gasteiger partial charge in [-0.3, -0.25) is 5.32 Å². The van der Waals surface area contributed by atoms with Gasteiger partial charge in [0.05, 0.1) is 30.5 Å². The number of fused-ring (bicyclic) bond motifs is 1. The third kappa shape index (κ3) is 4.89. The molecular formula is C28H27N3O3. The van der Waals surface area contributed by atoms with Crippen molar-refractivity contribution in [3.05, 3.63) is 83.9 Å². The van der Waals surface area contributed by atoms with Gasteiger partial charge in [-0.15, -0.1) is 0 Å². The van der Waals surface area contributed by atoms with E-state index in [1.807, 2.05) is 67.6 Å². The lowest BCUT2D eigenvalue weighted by Crippen LogP contribution is -2.14. The molecule has 0 atom stereocenters. The Balaban J connectivity index is 1.81. The number of hydrogen-bond donors (Lipinski definition) is 1. The first-order valence-corrected chi connectivity index (χ1v) is 11.3. The Bertz CT molecular complexity index is 1340. The molecule has 3 aromatic carbocycles. The van der Waals surface area contributed by atoms with Crippen LogP contribution in [0.3, 0.4) is 0 Å². The zero-order chi connectivity index (χ0) is 23.9. The van der Waals surface area contributed by atoms with Crippen LogP contribution in [0.5, 0.6) is 5.75 Å². The summed E-state index contributed by atoms with van der Waals surface area (Å²) in [6.45, 7) is 3.01. The Morgan fingerprint density at radius 3 is 2.62 bits per heavy atom. The van der Waals surface area contributed by atoms with E-state index in [-0.39, 0.29) is 0 Å². The summed E-state index contributed by atoms with van der Waals surface area (Å²) in [5, 5.41) is 13.8. The van der Waals surface area contributed by atoms with Crippen LogP contribution >= 0.6 is 0 Å². The molecule has 0 unspecified atom stereocenters. The van der Waals surface area contributed by atoms with E-state index in [4.69, 9.17) is 9.47 Å². The number of ether oxygens (including phenoxy) is 2. The highest BCUT2D eigenvalue weighted by Crippen LogP contribution is 2.36. The minimum Gasteiger partial charge on any atom is -0.497 e. The lowest BCUT2D eigenvalue weighted by Gasteiger charge is -2.13. The monoisotopic (exact) mass is 453 g/mol. The molecule has 0 radical (unpaired) electrons. The van der Waals surface area contributed by atoms with Crippen molar-refractivity contribution in [2.45, 2.75) is 26.3 Å². The summed E-state index contributed by atoms with van der Waals surface area (Å²) >= 11 is 0. The fourth-order valence-electron chi connectivity index (χ4n) is 4.01. The maximum absolute atomic E-state index is 12.2. The maximum Gasteiger partial charge on any atom is 0.411 e. The molecule has 0 aliphatic heterocycles. The van der Waals surface area contributed by atoms with Crippen molar-refractivity contribution in [2.24, 2.45) is 0 Å². The first-order valence-electron chi connectivity index (χ1n) is 11.3. The molecule has 0 aliphatic carbocycles. The average molecular weight is 454 g/mol. The van der Waals surface area contributed by atoms with Crippen LogP contribution in [-0.2, 0) is 11.3 Å². The second-order valence-corrected chi connectivity index (χ2v) is 7.99. The van der Waals surface area contributed by atoms with Gasteiger partial charge in [0.1, 0.15) is 11.8 Å². The lowest BCUT2D eigenvalue weighted by molar-refractivity contribution is 0.160. The summed E-state index contributed by atoms with van der Waals surface area (Å²) in [5.41, 5.74) is 4.83. The van der Waals surface area contributed by atoms with Gasteiger partial charge in [-0.2, -0.15) is 5.26 Å². The van der Waals surface area contributed by atoms with Crippen LogP contribution in [0.1, 0.15) is 30.9 Å². The fourth-order valence-corrected chi connectivity index (χ4v) is 4.01. The normalized spacial score (nSPS) is 10.6. The summed E-state index contributed by atoms with van der Waals surface area (Å²) in [6.07, 6.45) is 1.29. The largest absolute Gasteiger partial charge is 0.497 e. The summed E-state index contributed by atoms with van der Waals surface area (Å²) in [5.74, 6) is 0.723. The maximum atomic E-state index is 12.2. The number of amides is 1. The Labute approximate surface area is 199 Å². The molecule has 1 heterocycles. The van der Waals surface area contributed by atoms with Gasteiger partial charge in [0.2, 0.25) is 0 Å². The van der Waals surface area contributed by atoms with Crippen molar-refractivity contribution >= 4 is 22.7 Å². The predicted molar refractivity (Wildman–Crippen MR) is 134 cm³/mol. The number of nitrogens with one attached hydrogen (secondary N) is 1. The van der Waals surface area contributed by atoms with Crippen LogP contribution < -0.4 is 10.1 Å². The number of carbonyl (C=O) groups excluding carboxylic acids is 1. The van der Waals surface area contributed by atoms with Crippen LogP contribution in [-0.4, -0.2) is 24.4 Å². The Hall–Kier alpha value is -4.24. The number of aromatic nitrogens is 1. The lowest BCUT2D eigenvalue weighted by atomic mass is 10.1. The van der Waals surface area contributed by atoms with Gasteiger partial charge in [0.25, 0.3) is 0 Å². The van der Waals surface area contributed by atoms with Crippen molar-refractivity contribution in [3.8, 4) is 23.1 Å². The second kappa shape index (κ2) is 10.6. The Kier molecular flexibility index (Phi) is 7.14. The van der Waals surface area contributed by atoms with E-state index >= 15 is 0 Å². The first-order chi connectivity index (χ1) is 16.6. The molecule has 0 saturated heterocycles. The third-order valence-corrected chi connectivity index (χ3v) is 5.68. The van der Waals surface area contributed by atoms with E-state index in [9.17, 15) is 10.1 Å². The molecule has 4 rings (SSSR count). The highest BCUT2D eigenvalue weighted by molar-refractivity contribution is 5.96. The zero-order valence-electron chi connectivity index (χ0n) is 19.4. The van der Waals surface area contributed by atoms with Gasteiger partial charge >= 0.3 is 6.09 Å². The zero-order valence-corrected chi connectivity index (χ0v) is 19.4. The van der Waals surface area contributed by atoms with Crippen molar-refractivity contribution < 1.29 is 14.3 Å². The van der Waals surface area contributed by atoms with Crippen LogP contribution in [0, 0.1) is 11.3 Å². The number of carbonyl (C=O) groups is 1. The molecule has 6 heteroatoms. The molecule has 0 saturated carbocycles. The van der Waals surface area contributed by atoms with Gasteiger partial charge in [-0.25, -0.2) is 4.79 Å². The number of benzene rings is 3. The standard InChI is InChI=1S/C28H27N3O3/c1-3-4-15-34-28(32)30-22-12-8-11-21(16-22)27-25(18-29)24-14-13-23(33-2)17-26(24)31(27)19-20-9-6-5-7-10-20/h5-14,16-17H,3-4,15,19H2,1-2H3,(H,30,32). The minimum atomic E-state index is -0.485. The van der Waals surface area contributed by atoms with Crippen molar-refractivity contribution in [2.75, 3.05) is 19.0 Å². The van der Waals surface area contributed by atoms with E-state index in [1.165, 1.54) is 0 Å². The topological polar surface area (TPSA) is 76.3 Å². The summed E-state index contributed by atoms with van der Waals surface area (Å²) < 4.78 is 12.8. The Morgan fingerprint density at radius 1 is 1.06 bits per heavy atom. The molecule has 0 aliphatic rings. The molecule has 0 bridgehead atoms. The molecule has 1 amide bonds. The summed E-state index contributed by atoms with van der Waals surface area (Å²) in [7, 11) is 1.63. The average Bonchev–Trinajstić information content (AvgIpc) is 3.17. The van der Waals surface area contributed by atoms with Crippen LogP contribution in [0.15, 0.2) is 72.8 Å². The van der Waals surface area contributed by atoms with Gasteiger partial charge < -0.3 is 14.0 Å². The number of rotatable bonds is 8. The van der Waals surface area contributed by atoms with Crippen LogP contribution in [0.2, 0.25) is 0 Å². The second-order valence-electron chi connectivity index (χ2n) is 7.99. The first kappa shape index (κ1) is 22.9. The van der Waals surface area contributed by atoms with E-state index in [0.717, 1.165) is 46.3 Å². The molecule has 4 aromatic rings.